The van der Waals surface area contributed by atoms with E-state index in [0.29, 0.717) is 6.04 Å². The van der Waals surface area contributed by atoms with Gasteiger partial charge in [-0.2, -0.15) is 0 Å². The Bertz CT molecular complexity index is 360. The van der Waals surface area contributed by atoms with Gasteiger partial charge in [0.2, 0.25) is 0 Å². The maximum absolute atomic E-state index is 4.09. The standard InChI is InChI=1S/C12H17Br2NS/c1-4-8(3)6-10(15-5-2)9-7-11(13)16-12(9)14/h7,10,15H,3-6H2,1-2H3. The third-order valence-electron chi connectivity index (χ3n) is 2.50. The normalized spacial score (nSPS) is 12.8. The summed E-state index contributed by atoms with van der Waals surface area (Å²) in [5.41, 5.74) is 2.62. The van der Waals surface area contributed by atoms with Crippen LogP contribution in [0.2, 0.25) is 0 Å². The van der Waals surface area contributed by atoms with Crippen molar-refractivity contribution >= 4 is 43.2 Å². The van der Waals surface area contributed by atoms with Crippen LogP contribution in [0.5, 0.6) is 0 Å². The largest absolute Gasteiger partial charge is 0.310 e. The highest BCUT2D eigenvalue weighted by molar-refractivity contribution is 9.12. The summed E-state index contributed by atoms with van der Waals surface area (Å²) >= 11 is 8.86. The second kappa shape index (κ2) is 6.94. The van der Waals surface area contributed by atoms with Gasteiger partial charge in [0, 0.05) is 6.04 Å². The molecule has 0 aromatic carbocycles. The quantitative estimate of drug-likeness (QED) is 0.675. The zero-order valence-electron chi connectivity index (χ0n) is 9.65. The van der Waals surface area contributed by atoms with Crippen LogP contribution >= 0.6 is 43.2 Å². The minimum absolute atomic E-state index is 0.370. The van der Waals surface area contributed by atoms with Crippen molar-refractivity contribution in [2.75, 3.05) is 6.54 Å². The Morgan fingerprint density at radius 1 is 1.50 bits per heavy atom. The summed E-state index contributed by atoms with van der Waals surface area (Å²) in [6.45, 7) is 9.36. The highest BCUT2D eigenvalue weighted by Gasteiger charge is 2.16. The van der Waals surface area contributed by atoms with Crippen LogP contribution < -0.4 is 5.32 Å². The van der Waals surface area contributed by atoms with E-state index in [9.17, 15) is 0 Å². The van der Waals surface area contributed by atoms with Crippen molar-refractivity contribution in [1.29, 1.82) is 0 Å². The fourth-order valence-electron chi connectivity index (χ4n) is 1.56. The molecule has 1 aromatic rings. The molecule has 1 aromatic heterocycles. The number of hydrogen-bond acceptors (Lipinski definition) is 2. The first-order valence-corrected chi connectivity index (χ1v) is 7.83. The van der Waals surface area contributed by atoms with Crippen LogP contribution in [0.1, 0.15) is 38.3 Å². The van der Waals surface area contributed by atoms with E-state index in [1.165, 1.54) is 18.7 Å². The van der Waals surface area contributed by atoms with Gasteiger partial charge in [-0.1, -0.05) is 26.0 Å². The SMILES string of the molecule is C=C(CC)CC(NCC)c1cc(Br)sc1Br. The van der Waals surface area contributed by atoms with E-state index in [4.69, 9.17) is 0 Å². The first-order valence-electron chi connectivity index (χ1n) is 5.43. The Morgan fingerprint density at radius 3 is 2.62 bits per heavy atom. The summed E-state index contributed by atoms with van der Waals surface area (Å²) in [6, 6.07) is 2.56. The Hall–Kier alpha value is 0.360. The van der Waals surface area contributed by atoms with Crippen molar-refractivity contribution in [3.8, 4) is 0 Å². The van der Waals surface area contributed by atoms with Crippen molar-refractivity contribution in [3.05, 3.63) is 31.4 Å². The molecule has 90 valence electrons. The Labute approximate surface area is 119 Å². The lowest BCUT2D eigenvalue weighted by Gasteiger charge is -2.18. The van der Waals surface area contributed by atoms with E-state index in [-0.39, 0.29) is 0 Å². The van der Waals surface area contributed by atoms with E-state index in [2.05, 4.69) is 63.7 Å². The van der Waals surface area contributed by atoms with Crippen LogP contribution in [0.4, 0.5) is 0 Å². The molecule has 1 N–H and O–H groups in total. The molecular weight excluding hydrogens is 350 g/mol. The van der Waals surface area contributed by atoms with E-state index in [1.54, 1.807) is 11.3 Å². The molecule has 0 bridgehead atoms. The number of hydrogen-bond donors (Lipinski definition) is 1. The predicted molar refractivity (Wildman–Crippen MR) is 80.2 cm³/mol. The zero-order chi connectivity index (χ0) is 12.1. The van der Waals surface area contributed by atoms with Gasteiger partial charge in [-0.25, -0.2) is 0 Å². The molecule has 16 heavy (non-hydrogen) atoms. The van der Waals surface area contributed by atoms with Crippen molar-refractivity contribution in [3.63, 3.8) is 0 Å². The maximum Gasteiger partial charge on any atom is 0.0758 e. The summed E-state index contributed by atoms with van der Waals surface area (Å²) in [5, 5.41) is 3.51. The fraction of sp³-hybridized carbons (Fsp3) is 0.500. The van der Waals surface area contributed by atoms with Gasteiger partial charge in [-0.05, 0) is 62.9 Å². The topological polar surface area (TPSA) is 12.0 Å². The molecule has 0 spiro atoms. The van der Waals surface area contributed by atoms with Gasteiger partial charge in [0.05, 0.1) is 7.57 Å². The van der Waals surface area contributed by atoms with Gasteiger partial charge in [0.25, 0.3) is 0 Å². The summed E-state index contributed by atoms with van der Waals surface area (Å²) in [5.74, 6) is 0. The van der Waals surface area contributed by atoms with Crippen molar-refractivity contribution in [2.45, 2.75) is 32.7 Å². The average Bonchev–Trinajstić information content (AvgIpc) is 2.57. The molecule has 1 unspecified atom stereocenters. The molecule has 1 rings (SSSR count). The van der Waals surface area contributed by atoms with Crippen LogP contribution in [0.3, 0.4) is 0 Å². The first kappa shape index (κ1) is 14.4. The minimum Gasteiger partial charge on any atom is -0.310 e. The molecule has 0 saturated heterocycles. The lowest BCUT2D eigenvalue weighted by Crippen LogP contribution is -2.21. The molecule has 1 heterocycles. The van der Waals surface area contributed by atoms with Crippen molar-refractivity contribution < 1.29 is 0 Å². The summed E-state index contributed by atoms with van der Waals surface area (Å²) in [6.07, 6.45) is 2.05. The molecule has 0 fully saturated rings. The van der Waals surface area contributed by atoms with Gasteiger partial charge in [0.1, 0.15) is 0 Å². The van der Waals surface area contributed by atoms with E-state index in [1.807, 2.05) is 0 Å². The summed E-state index contributed by atoms with van der Waals surface area (Å²) in [7, 11) is 0. The van der Waals surface area contributed by atoms with Crippen LogP contribution in [-0.2, 0) is 0 Å². The second-order valence-corrected chi connectivity index (χ2v) is 7.45. The minimum atomic E-state index is 0.370. The number of halogens is 2. The monoisotopic (exact) mass is 365 g/mol. The lowest BCUT2D eigenvalue weighted by molar-refractivity contribution is 0.543. The molecule has 1 atom stereocenters. The van der Waals surface area contributed by atoms with Crippen LogP contribution in [0, 0.1) is 0 Å². The van der Waals surface area contributed by atoms with Gasteiger partial charge in [-0.15, -0.1) is 11.3 Å². The second-order valence-electron chi connectivity index (χ2n) is 3.70. The highest BCUT2D eigenvalue weighted by Crippen LogP contribution is 2.37. The summed E-state index contributed by atoms with van der Waals surface area (Å²) < 4.78 is 2.37. The average molecular weight is 367 g/mol. The Kier molecular flexibility index (Phi) is 6.26. The molecule has 0 aliphatic heterocycles. The highest BCUT2D eigenvalue weighted by atomic mass is 79.9. The van der Waals surface area contributed by atoms with E-state index >= 15 is 0 Å². The van der Waals surface area contributed by atoms with E-state index in [0.717, 1.165) is 19.4 Å². The first-order chi connectivity index (χ1) is 7.58. The van der Waals surface area contributed by atoms with Crippen LogP contribution in [0.25, 0.3) is 0 Å². The molecule has 0 aliphatic carbocycles. The molecule has 0 amide bonds. The third kappa shape index (κ3) is 3.99. The number of nitrogens with one attached hydrogen (secondary N) is 1. The fourth-order valence-corrected chi connectivity index (χ4v) is 4.54. The smallest absolute Gasteiger partial charge is 0.0758 e. The Balaban J connectivity index is 2.84. The predicted octanol–water partition coefficient (Wildman–Crippen LogP) is 5.28. The molecule has 0 saturated carbocycles. The van der Waals surface area contributed by atoms with Gasteiger partial charge in [-0.3, -0.25) is 0 Å². The van der Waals surface area contributed by atoms with Crippen LogP contribution in [-0.4, -0.2) is 6.54 Å². The van der Waals surface area contributed by atoms with Gasteiger partial charge >= 0.3 is 0 Å². The third-order valence-corrected chi connectivity index (χ3v) is 4.89. The molecule has 4 heteroatoms. The molecule has 1 nitrogen and oxygen atoms in total. The molecule has 0 aliphatic rings. The maximum atomic E-state index is 4.09. The number of thiophene rings is 1. The van der Waals surface area contributed by atoms with Crippen molar-refractivity contribution in [1.82, 2.24) is 5.32 Å². The molecule has 0 radical (unpaired) electrons. The number of rotatable bonds is 6. The van der Waals surface area contributed by atoms with Crippen molar-refractivity contribution in [2.24, 2.45) is 0 Å². The Morgan fingerprint density at radius 2 is 2.19 bits per heavy atom. The van der Waals surface area contributed by atoms with Gasteiger partial charge < -0.3 is 5.32 Å². The molecular formula is C12H17Br2NS. The van der Waals surface area contributed by atoms with E-state index < -0.39 is 0 Å². The zero-order valence-corrected chi connectivity index (χ0v) is 13.6. The van der Waals surface area contributed by atoms with Gasteiger partial charge in [0.15, 0.2) is 0 Å². The lowest BCUT2D eigenvalue weighted by atomic mass is 10.0. The summed E-state index contributed by atoms with van der Waals surface area (Å²) in [4.78, 5) is 0. The van der Waals surface area contributed by atoms with Crippen LogP contribution in [0.15, 0.2) is 25.8 Å².